The maximum absolute atomic E-state index is 5.65. The van der Waals surface area contributed by atoms with Crippen molar-refractivity contribution in [1.29, 1.82) is 0 Å². The molecule has 0 saturated heterocycles. The molecule has 0 aliphatic heterocycles. The number of fused-ring (bicyclic) bond motifs is 8. The number of pyridine rings is 1. The standard InChI is InChI=1S/C70H44N4/c1-3-16-45(17-4-1)52-22-13-24-55(42-52)69-72-68(73-70(74-69)56-25-14-23-53(43-56)46-18-5-2-6-19-46)51-38-34-48(35-39-51)59-30-15-31-62-65-58-27-10-7-20-47(58)40-41-63(65)66(71-67(59)62)50-36-32-49(33-37-50)64-44-54-21-8-9-26-57(54)60-28-11-12-29-61(60)64/h1-44H. The summed E-state index contributed by atoms with van der Waals surface area (Å²) < 4.78 is 0. The Bertz CT molecular complexity index is 4350. The first kappa shape index (κ1) is 42.9. The maximum atomic E-state index is 5.65. The van der Waals surface area contributed by atoms with Crippen LogP contribution >= 0.6 is 0 Å². The summed E-state index contributed by atoms with van der Waals surface area (Å²) in [7, 11) is 0. The van der Waals surface area contributed by atoms with Crippen LogP contribution in [0.2, 0.25) is 0 Å². The highest BCUT2D eigenvalue weighted by atomic mass is 15.0. The maximum Gasteiger partial charge on any atom is 0.164 e. The van der Waals surface area contributed by atoms with Crippen molar-refractivity contribution in [2.75, 3.05) is 0 Å². The van der Waals surface area contributed by atoms with Gasteiger partial charge in [0, 0.05) is 44.0 Å². The minimum absolute atomic E-state index is 0.600. The molecule has 0 spiro atoms. The zero-order valence-electron chi connectivity index (χ0n) is 40.2. The minimum Gasteiger partial charge on any atom is -0.246 e. The van der Waals surface area contributed by atoms with Crippen LogP contribution in [0.25, 0.3) is 144 Å². The van der Waals surface area contributed by atoms with Crippen LogP contribution in [0.4, 0.5) is 0 Å². The minimum atomic E-state index is 0.600. The molecule has 0 aliphatic carbocycles. The monoisotopic (exact) mass is 940 g/mol. The molecule has 0 unspecified atom stereocenters. The predicted molar refractivity (Wildman–Crippen MR) is 309 cm³/mol. The highest BCUT2D eigenvalue weighted by Crippen LogP contribution is 2.42. The quantitative estimate of drug-likeness (QED) is 0.142. The van der Waals surface area contributed by atoms with E-state index in [9.17, 15) is 0 Å². The molecule has 344 valence electrons. The zero-order chi connectivity index (χ0) is 49.0. The van der Waals surface area contributed by atoms with E-state index < -0.39 is 0 Å². The molecule has 4 heteroatoms. The lowest BCUT2D eigenvalue weighted by Gasteiger charge is -2.16. The van der Waals surface area contributed by atoms with Gasteiger partial charge in [-0.2, -0.15) is 0 Å². The van der Waals surface area contributed by atoms with Crippen molar-refractivity contribution in [3.05, 3.63) is 267 Å². The van der Waals surface area contributed by atoms with Crippen LogP contribution in [0.5, 0.6) is 0 Å². The van der Waals surface area contributed by atoms with Gasteiger partial charge in [-0.05, 0) is 89.5 Å². The highest BCUT2D eigenvalue weighted by molar-refractivity contribution is 6.24. The van der Waals surface area contributed by atoms with Gasteiger partial charge < -0.3 is 0 Å². The van der Waals surface area contributed by atoms with Gasteiger partial charge in [-0.25, -0.2) is 19.9 Å². The Labute approximate surface area is 428 Å². The summed E-state index contributed by atoms with van der Waals surface area (Å²) >= 11 is 0. The Morgan fingerprint density at radius 3 is 1.31 bits per heavy atom. The third-order valence-electron chi connectivity index (χ3n) is 14.5. The fraction of sp³-hybridized carbons (Fsp3) is 0. The molecule has 0 radical (unpaired) electrons. The molecule has 0 aliphatic rings. The summed E-state index contributed by atoms with van der Waals surface area (Å²) in [6.07, 6.45) is 0. The number of para-hydroxylation sites is 1. The van der Waals surface area contributed by atoms with Gasteiger partial charge in [-0.3, -0.25) is 0 Å². The smallest absolute Gasteiger partial charge is 0.164 e. The molecule has 12 aromatic carbocycles. The SMILES string of the molecule is c1ccc(-c2cccc(-c3nc(-c4ccc(-c5cccc6c5nc(-c5ccc(-c7cc8ccccc8c8ccccc78)cc5)c5ccc7ccccc7c56)cc4)nc(-c4cccc(-c5ccccc5)c4)n3)c2)cc1. The molecule has 2 heterocycles. The molecule has 14 aromatic rings. The molecule has 0 fully saturated rings. The van der Waals surface area contributed by atoms with Crippen molar-refractivity contribution in [2.24, 2.45) is 0 Å². The number of hydrogen-bond acceptors (Lipinski definition) is 4. The van der Waals surface area contributed by atoms with Crippen LogP contribution in [0, 0.1) is 0 Å². The van der Waals surface area contributed by atoms with Gasteiger partial charge in [-0.15, -0.1) is 0 Å². The Hall–Kier alpha value is -9.90. The van der Waals surface area contributed by atoms with E-state index >= 15 is 0 Å². The van der Waals surface area contributed by atoms with E-state index in [1.165, 1.54) is 48.8 Å². The lowest BCUT2D eigenvalue weighted by atomic mass is 9.91. The summed E-state index contributed by atoms with van der Waals surface area (Å²) in [5.74, 6) is 1.82. The molecule has 2 aromatic heterocycles. The summed E-state index contributed by atoms with van der Waals surface area (Å²) in [5, 5.41) is 10.8. The fourth-order valence-corrected chi connectivity index (χ4v) is 10.8. The van der Waals surface area contributed by atoms with Crippen LogP contribution in [0.3, 0.4) is 0 Å². The van der Waals surface area contributed by atoms with E-state index in [1.54, 1.807) is 0 Å². The van der Waals surface area contributed by atoms with Crippen molar-refractivity contribution in [2.45, 2.75) is 0 Å². The lowest BCUT2D eigenvalue weighted by molar-refractivity contribution is 1.07. The van der Waals surface area contributed by atoms with Crippen LogP contribution < -0.4 is 0 Å². The Morgan fingerprint density at radius 2 is 0.662 bits per heavy atom. The van der Waals surface area contributed by atoms with Crippen molar-refractivity contribution < 1.29 is 0 Å². The van der Waals surface area contributed by atoms with Gasteiger partial charge in [0.25, 0.3) is 0 Å². The number of aromatic nitrogens is 4. The first-order chi connectivity index (χ1) is 36.7. The summed E-state index contributed by atoms with van der Waals surface area (Å²) in [4.78, 5) is 21.2. The number of benzene rings is 12. The Balaban J connectivity index is 0.892. The summed E-state index contributed by atoms with van der Waals surface area (Å²) in [6.45, 7) is 0. The van der Waals surface area contributed by atoms with Gasteiger partial charge in [0.2, 0.25) is 0 Å². The molecule has 0 saturated carbocycles. The first-order valence-electron chi connectivity index (χ1n) is 25.1. The fourth-order valence-electron chi connectivity index (χ4n) is 10.8. The first-order valence-corrected chi connectivity index (χ1v) is 25.1. The van der Waals surface area contributed by atoms with Gasteiger partial charge in [-0.1, -0.05) is 249 Å². The van der Waals surface area contributed by atoms with Crippen molar-refractivity contribution in [3.8, 4) is 89.9 Å². The lowest BCUT2D eigenvalue weighted by Crippen LogP contribution is -2.00. The normalized spacial score (nSPS) is 11.5. The molecular weight excluding hydrogens is 897 g/mol. The third kappa shape index (κ3) is 7.65. The molecular formula is C70H44N4. The molecule has 0 atom stereocenters. The predicted octanol–water partition coefficient (Wildman–Crippen LogP) is 18.4. The largest absolute Gasteiger partial charge is 0.246 e. The number of rotatable bonds is 8. The van der Waals surface area contributed by atoms with Gasteiger partial charge in [0.1, 0.15) is 0 Å². The Morgan fingerprint density at radius 1 is 0.203 bits per heavy atom. The van der Waals surface area contributed by atoms with E-state index in [2.05, 4.69) is 255 Å². The van der Waals surface area contributed by atoms with Crippen LogP contribution in [0.1, 0.15) is 0 Å². The van der Waals surface area contributed by atoms with Gasteiger partial charge in [0.15, 0.2) is 17.5 Å². The molecule has 0 amide bonds. The Kier molecular flexibility index (Phi) is 10.5. The molecule has 14 rings (SSSR count). The average Bonchev–Trinajstić information content (AvgIpc) is 3.49. The molecule has 0 N–H and O–H groups in total. The summed E-state index contributed by atoms with van der Waals surface area (Å²) in [5.41, 5.74) is 14.7. The summed E-state index contributed by atoms with van der Waals surface area (Å²) in [6, 6.07) is 94.8. The van der Waals surface area contributed by atoms with E-state index in [1.807, 2.05) is 12.1 Å². The van der Waals surface area contributed by atoms with Crippen LogP contribution in [-0.4, -0.2) is 19.9 Å². The molecule has 74 heavy (non-hydrogen) atoms. The van der Waals surface area contributed by atoms with Crippen molar-refractivity contribution >= 4 is 54.0 Å². The average molecular weight is 941 g/mol. The number of nitrogens with zero attached hydrogens (tertiary/aromatic N) is 4. The van der Waals surface area contributed by atoms with Crippen LogP contribution in [-0.2, 0) is 0 Å². The van der Waals surface area contributed by atoms with Crippen molar-refractivity contribution in [3.63, 3.8) is 0 Å². The van der Waals surface area contributed by atoms with Gasteiger partial charge >= 0.3 is 0 Å². The van der Waals surface area contributed by atoms with Crippen molar-refractivity contribution in [1.82, 2.24) is 19.9 Å². The molecule has 4 nitrogen and oxygen atoms in total. The highest BCUT2D eigenvalue weighted by Gasteiger charge is 2.19. The third-order valence-corrected chi connectivity index (χ3v) is 14.5. The van der Waals surface area contributed by atoms with Crippen LogP contribution in [0.15, 0.2) is 267 Å². The van der Waals surface area contributed by atoms with E-state index in [0.717, 1.165) is 77.6 Å². The number of hydrogen-bond donors (Lipinski definition) is 0. The zero-order valence-corrected chi connectivity index (χ0v) is 40.2. The second kappa shape index (κ2) is 18.1. The second-order valence-electron chi connectivity index (χ2n) is 18.9. The van der Waals surface area contributed by atoms with E-state index in [-0.39, 0.29) is 0 Å². The van der Waals surface area contributed by atoms with E-state index in [4.69, 9.17) is 19.9 Å². The second-order valence-corrected chi connectivity index (χ2v) is 18.9. The van der Waals surface area contributed by atoms with E-state index in [0.29, 0.717) is 17.5 Å². The van der Waals surface area contributed by atoms with Gasteiger partial charge in [0.05, 0.1) is 11.2 Å². The molecule has 0 bridgehead atoms. The topological polar surface area (TPSA) is 51.6 Å².